The number of carboxylic acid groups (broad SMARTS) is 1. The minimum Gasteiger partial charge on any atom is -0.465 e. The van der Waals surface area contributed by atoms with E-state index in [1.165, 1.54) is 53.6 Å². The third-order valence-corrected chi connectivity index (χ3v) is 7.42. The lowest BCUT2D eigenvalue weighted by Gasteiger charge is -2.45. The lowest BCUT2D eigenvalue weighted by Crippen LogP contribution is -2.58. The van der Waals surface area contributed by atoms with E-state index in [-0.39, 0.29) is 59.0 Å². The normalized spacial score (nSPS) is 18.4. The summed E-state index contributed by atoms with van der Waals surface area (Å²) in [5, 5.41) is 15.9. The van der Waals surface area contributed by atoms with E-state index in [0.717, 1.165) is 6.20 Å². The zero-order valence-corrected chi connectivity index (χ0v) is 22.6. The van der Waals surface area contributed by atoms with Crippen LogP contribution in [0.15, 0.2) is 54.9 Å². The predicted octanol–water partition coefficient (Wildman–Crippen LogP) is 4.52. The number of benzene rings is 2. The molecule has 0 radical (unpaired) electrons. The summed E-state index contributed by atoms with van der Waals surface area (Å²) in [6.07, 6.45) is 0.543. The van der Waals surface area contributed by atoms with Gasteiger partial charge in [-0.3, -0.25) is 25.2 Å². The fraction of sp³-hybridized carbons (Fsp3) is 0.250. The van der Waals surface area contributed by atoms with Gasteiger partial charge < -0.3 is 20.1 Å². The Hall–Kier alpha value is -4.78. The highest BCUT2D eigenvalue weighted by Crippen LogP contribution is 2.45. The quantitative estimate of drug-likeness (QED) is 0.325. The Morgan fingerprint density at radius 2 is 1.93 bits per heavy atom. The standard InChI is InChI=1S/C28H24ClF2N5O6/c29-18-6-7-20-22(23(18)31)28(42-27(41)35-20)9-1-11-36(14-28)25(38)21(12-16-8-10-32-13-19(16)30)34-24(37)15-2-4-17(5-3-15)33-26(39)40/h2-8,10,13,21,33H,1,9,11-12,14H2,(H,34,37)(H,35,41)(H,39,40)/t21-,28-/m0/s1. The van der Waals surface area contributed by atoms with Crippen molar-refractivity contribution in [3.63, 3.8) is 0 Å². The van der Waals surface area contributed by atoms with Crippen molar-refractivity contribution >= 4 is 47.0 Å². The molecule has 2 aliphatic heterocycles. The zero-order valence-electron chi connectivity index (χ0n) is 21.8. The summed E-state index contributed by atoms with van der Waals surface area (Å²) in [7, 11) is 0. The number of likely N-dealkylation sites (tertiary alicyclic amines) is 1. The molecule has 0 unspecified atom stereocenters. The number of hydrogen-bond donors (Lipinski definition) is 4. The highest BCUT2D eigenvalue weighted by molar-refractivity contribution is 6.31. The molecule has 2 atom stereocenters. The molecule has 2 aliphatic rings. The van der Waals surface area contributed by atoms with Gasteiger partial charge in [-0.1, -0.05) is 11.6 Å². The number of aromatic nitrogens is 1. The lowest BCUT2D eigenvalue weighted by atomic mass is 9.82. The van der Waals surface area contributed by atoms with Gasteiger partial charge in [0.15, 0.2) is 11.4 Å². The molecule has 4 amide bonds. The summed E-state index contributed by atoms with van der Waals surface area (Å²) in [6, 6.07) is 8.34. The van der Waals surface area contributed by atoms with Crippen molar-refractivity contribution in [1.29, 1.82) is 0 Å². The van der Waals surface area contributed by atoms with Crippen LogP contribution in [0.3, 0.4) is 0 Å². The summed E-state index contributed by atoms with van der Waals surface area (Å²) in [4.78, 5) is 55.5. The van der Waals surface area contributed by atoms with Crippen LogP contribution in [0.1, 0.15) is 34.3 Å². The number of piperidine rings is 1. The van der Waals surface area contributed by atoms with Gasteiger partial charge in [0, 0.05) is 30.4 Å². The van der Waals surface area contributed by atoms with Crippen LogP contribution in [0.5, 0.6) is 0 Å². The summed E-state index contributed by atoms with van der Waals surface area (Å²) in [5.41, 5.74) is -0.882. The minimum atomic E-state index is -1.54. The number of halogens is 3. The van der Waals surface area contributed by atoms with Crippen molar-refractivity contribution in [2.45, 2.75) is 30.9 Å². The summed E-state index contributed by atoms with van der Waals surface area (Å²) >= 11 is 6.04. The van der Waals surface area contributed by atoms with Gasteiger partial charge in [0.05, 0.1) is 29.0 Å². The number of nitrogens with zero attached hydrogens (tertiary/aromatic N) is 2. The minimum absolute atomic E-state index is 0.0166. The Morgan fingerprint density at radius 1 is 1.17 bits per heavy atom. The highest BCUT2D eigenvalue weighted by atomic mass is 35.5. The Morgan fingerprint density at radius 3 is 2.64 bits per heavy atom. The second kappa shape index (κ2) is 11.6. The van der Waals surface area contributed by atoms with E-state index < -0.39 is 47.3 Å². The fourth-order valence-electron chi connectivity index (χ4n) is 5.24. The first-order valence-corrected chi connectivity index (χ1v) is 13.2. The summed E-state index contributed by atoms with van der Waals surface area (Å²) < 4.78 is 35.5. The van der Waals surface area contributed by atoms with Gasteiger partial charge in [-0.05, 0) is 60.9 Å². The Kier molecular flexibility index (Phi) is 7.94. The smallest absolute Gasteiger partial charge is 0.412 e. The lowest BCUT2D eigenvalue weighted by molar-refractivity contribution is -0.141. The van der Waals surface area contributed by atoms with Gasteiger partial charge in [-0.25, -0.2) is 18.4 Å². The molecule has 1 fully saturated rings. The number of nitrogens with one attached hydrogen (secondary N) is 3. The topological polar surface area (TPSA) is 150 Å². The van der Waals surface area contributed by atoms with Crippen molar-refractivity contribution < 1.29 is 37.8 Å². The average molecular weight is 600 g/mol. The van der Waals surface area contributed by atoms with Crippen LogP contribution < -0.4 is 16.0 Å². The molecule has 1 saturated heterocycles. The first-order chi connectivity index (χ1) is 20.1. The van der Waals surface area contributed by atoms with Crippen LogP contribution in [-0.4, -0.2) is 58.1 Å². The summed E-state index contributed by atoms with van der Waals surface area (Å²) in [5.74, 6) is -2.75. The van der Waals surface area contributed by atoms with E-state index in [1.54, 1.807) is 0 Å². The molecular weight excluding hydrogens is 576 g/mol. The van der Waals surface area contributed by atoms with Crippen molar-refractivity contribution in [2.75, 3.05) is 23.7 Å². The highest BCUT2D eigenvalue weighted by Gasteiger charge is 2.49. The molecular formula is C28H24ClF2N5O6. The third-order valence-electron chi connectivity index (χ3n) is 7.12. The van der Waals surface area contributed by atoms with Crippen LogP contribution in [0.2, 0.25) is 5.02 Å². The number of anilines is 2. The predicted molar refractivity (Wildman–Crippen MR) is 146 cm³/mol. The van der Waals surface area contributed by atoms with Crippen LogP contribution in [0, 0.1) is 11.6 Å². The second-order valence-corrected chi connectivity index (χ2v) is 10.3. The van der Waals surface area contributed by atoms with E-state index in [9.17, 15) is 23.6 Å². The number of pyridine rings is 1. The molecule has 0 saturated carbocycles. The molecule has 3 aromatic rings. The molecule has 4 N–H and O–H groups in total. The number of carbonyl (C=O) groups excluding carboxylic acids is 3. The molecule has 218 valence electrons. The van der Waals surface area contributed by atoms with E-state index in [2.05, 4.69) is 20.9 Å². The monoisotopic (exact) mass is 599 g/mol. The molecule has 42 heavy (non-hydrogen) atoms. The SMILES string of the molecule is O=C(O)Nc1ccc(C(=O)N[C@@H](Cc2ccncc2F)C(=O)N2CCC[C@@]3(C2)OC(=O)Nc2ccc(Cl)c(F)c23)cc1. The molecule has 14 heteroatoms. The second-order valence-electron chi connectivity index (χ2n) is 9.86. The molecule has 0 aliphatic carbocycles. The first-order valence-electron chi connectivity index (χ1n) is 12.8. The van der Waals surface area contributed by atoms with E-state index in [1.807, 2.05) is 0 Å². The van der Waals surface area contributed by atoms with Gasteiger partial charge in [0.25, 0.3) is 5.91 Å². The van der Waals surface area contributed by atoms with Crippen LogP contribution in [0.25, 0.3) is 0 Å². The third kappa shape index (κ3) is 5.81. The van der Waals surface area contributed by atoms with Gasteiger partial charge >= 0.3 is 12.2 Å². The maximum atomic E-state index is 15.3. The van der Waals surface area contributed by atoms with Crippen LogP contribution >= 0.6 is 11.6 Å². The molecule has 11 nitrogen and oxygen atoms in total. The van der Waals surface area contributed by atoms with Crippen LogP contribution in [-0.2, 0) is 21.6 Å². The summed E-state index contributed by atoms with van der Waals surface area (Å²) in [6.45, 7) is -0.0336. The average Bonchev–Trinajstić information content (AvgIpc) is 2.95. The van der Waals surface area contributed by atoms with E-state index in [0.29, 0.717) is 6.42 Å². The molecule has 2 aromatic carbocycles. The van der Waals surface area contributed by atoms with Crippen LogP contribution in [0.4, 0.5) is 29.7 Å². The van der Waals surface area contributed by atoms with Crippen molar-refractivity contribution in [1.82, 2.24) is 15.2 Å². The number of hydrogen-bond acceptors (Lipinski definition) is 6. The first kappa shape index (κ1) is 28.7. The Bertz CT molecular complexity index is 1570. The molecule has 5 rings (SSSR count). The number of ether oxygens (including phenoxy) is 1. The number of fused-ring (bicyclic) bond motifs is 2. The molecule has 0 bridgehead atoms. The number of carbonyl (C=O) groups is 4. The van der Waals surface area contributed by atoms with Gasteiger partial charge in [-0.2, -0.15) is 0 Å². The maximum absolute atomic E-state index is 15.3. The number of rotatable bonds is 6. The maximum Gasteiger partial charge on any atom is 0.412 e. The molecule has 1 aromatic heterocycles. The Labute approximate surface area is 242 Å². The molecule has 1 spiro atoms. The Balaban J connectivity index is 1.44. The van der Waals surface area contributed by atoms with Gasteiger partial charge in [0.2, 0.25) is 5.91 Å². The zero-order chi connectivity index (χ0) is 30.0. The van der Waals surface area contributed by atoms with E-state index >= 15 is 4.39 Å². The van der Waals surface area contributed by atoms with Gasteiger partial charge in [0.1, 0.15) is 11.9 Å². The van der Waals surface area contributed by atoms with Crippen molar-refractivity contribution in [3.05, 3.63) is 88.2 Å². The molecule has 3 heterocycles. The fourth-order valence-corrected chi connectivity index (χ4v) is 5.40. The number of amides is 4. The largest absolute Gasteiger partial charge is 0.465 e. The van der Waals surface area contributed by atoms with Gasteiger partial charge in [-0.15, -0.1) is 0 Å². The van der Waals surface area contributed by atoms with E-state index in [4.69, 9.17) is 21.4 Å². The van der Waals surface area contributed by atoms with Crippen molar-refractivity contribution in [3.8, 4) is 0 Å². The van der Waals surface area contributed by atoms with Crippen molar-refractivity contribution in [2.24, 2.45) is 0 Å².